The van der Waals surface area contributed by atoms with Gasteiger partial charge in [-0.15, -0.1) is 0 Å². The summed E-state index contributed by atoms with van der Waals surface area (Å²) >= 11 is 0. The van der Waals surface area contributed by atoms with Crippen molar-refractivity contribution in [2.45, 2.75) is 49.9 Å². The molecule has 108 valence electrons. The maximum atomic E-state index is 11.6. The van der Waals surface area contributed by atoms with Gasteiger partial charge in [0.05, 0.1) is 18.0 Å². The summed E-state index contributed by atoms with van der Waals surface area (Å²) in [4.78, 5) is 0. The van der Waals surface area contributed by atoms with Crippen molar-refractivity contribution in [2.75, 3.05) is 13.2 Å². The van der Waals surface area contributed by atoms with Gasteiger partial charge >= 0.3 is 0 Å². The van der Waals surface area contributed by atoms with Gasteiger partial charge in [0.15, 0.2) is 0 Å². The van der Waals surface area contributed by atoms with E-state index in [0.29, 0.717) is 0 Å². The number of aliphatic hydroxyl groups is 3. The number of aliphatic hydroxyl groups excluding tert-OH is 2. The average molecular weight is 283 g/mol. The van der Waals surface area contributed by atoms with Crippen molar-refractivity contribution >= 4 is 10.0 Å². The number of rotatable bonds is 4. The van der Waals surface area contributed by atoms with E-state index in [2.05, 4.69) is 4.72 Å². The third-order valence-electron chi connectivity index (χ3n) is 3.23. The van der Waals surface area contributed by atoms with Gasteiger partial charge in [-0.1, -0.05) is 0 Å². The van der Waals surface area contributed by atoms with Crippen molar-refractivity contribution in [2.24, 2.45) is 0 Å². The summed E-state index contributed by atoms with van der Waals surface area (Å²) in [6, 6.07) is 0. The summed E-state index contributed by atoms with van der Waals surface area (Å²) in [5.74, 6) is 0. The molecular weight excluding hydrogens is 262 g/mol. The molecule has 18 heavy (non-hydrogen) atoms. The highest BCUT2D eigenvalue weighted by Gasteiger charge is 2.49. The van der Waals surface area contributed by atoms with Crippen molar-refractivity contribution in [1.29, 1.82) is 0 Å². The molecule has 1 rings (SSSR count). The summed E-state index contributed by atoms with van der Waals surface area (Å²) in [6.45, 7) is 3.91. The Bertz CT molecular complexity index is 384. The molecule has 1 aliphatic heterocycles. The minimum Gasteiger partial charge on any atom is -0.388 e. The van der Waals surface area contributed by atoms with Crippen molar-refractivity contribution in [3.05, 3.63) is 0 Å². The van der Waals surface area contributed by atoms with Crippen LogP contribution in [-0.4, -0.2) is 66.1 Å². The summed E-state index contributed by atoms with van der Waals surface area (Å²) in [6.07, 6.45) is -3.39. The first-order valence-corrected chi connectivity index (χ1v) is 7.34. The molecular formula is C10H21NO6S. The highest BCUT2D eigenvalue weighted by molar-refractivity contribution is 7.90. The monoisotopic (exact) mass is 283 g/mol. The van der Waals surface area contributed by atoms with E-state index in [9.17, 15) is 23.7 Å². The second-order valence-corrected chi connectivity index (χ2v) is 7.23. The van der Waals surface area contributed by atoms with Gasteiger partial charge in [-0.2, -0.15) is 0 Å². The molecule has 0 aliphatic carbocycles. The highest BCUT2D eigenvalue weighted by atomic mass is 32.2. The zero-order valence-electron chi connectivity index (χ0n) is 10.7. The topological polar surface area (TPSA) is 116 Å². The van der Waals surface area contributed by atoms with Gasteiger partial charge in [-0.25, -0.2) is 13.1 Å². The van der Waals surface area contributed by atoms with Gasteiger partial charge in [0, 0.05) is 6.54 Å². The molecule has 7 nitrogen and oxygen atoms in total. The molecule has 0 saturated carbocycles. The Balaban J connectivity index is 2.80. The average Bonchev–Trinajstić information content (AvgIpc) is 2.29. The zero-order valence-corrected chi connectivity index (χ0v) is 11.5. The number of nitrogens with one attached hydrogen (secondary N) is 1. The lowest BCUT2D eigenvalue weighted by Crippen LogP contribution is -2.66. The van der Waals surface area contributed by atoms with E-state index in [1.54, 1.807) is 6.92 Å². The van der Waals surface area contributed by atoms with E-state index in [1.165, 1.54) is 13.8 Å². The number of sulfonamides is 1. The molecule has 1 aliphatic rings. The summed E-state index contributed by atoms with van der Waals surface area (Å²) in [5, 5.41) is 29.1. The van der Waals surface area contributed by atoms with Crippen LogP contribution in [0.3, 0.4) is 0 Å². The molecule has 1 fully saturated rings. The largest absolute Gasteiger partial charge is 0.388 e. The standard InChI is InChI=1S/C10H21NO6S/c1-6(2)18(15,16)11-5-10(14)8(12)4-17-7(3)9(10)13/h6-9,11-14H,4-5H2,1-3H3/t7?,8?,9-,10-/m1/s1. The van der Waals surface area contributed by atoms with E-state index in [-0.39, 0.29) is 6.61 Å². The number of hydrogen-bond donors (Lipinski definition) is 4. The van der Waals surface area contributed by atoms with Crippen LogP contribution >= 0.6 is 0 Å². The Kier molecular flexibility index (Phi) is 4.74. The van der Waals surface area contributed by atoms with Gasteiger partial charge in [0.2, 0.25) is 10.0 Å². The molecule has 4 atom stereocenters. The fourth-order valence-corrected chi connectivity index (χ4v) is 2.45. The lowest BCUT2D eigenvalue weighted by Gasteiger charge is -2.43. The van der Waals surface area contributed by atoms with Crippen LogP contribution in [0.4, 0.5) is 0 Å². The fraction of sp³-hybridized carbons (Fsp3) is 1.00. The van der Waals surface area contributed by atoms with Gasteiger partial charge in [0.25, 0.3) is 0 Å². The highest BCUT2D eigenvalue weighted by Crippen LogP contribution is 2.25. The molecule has 0 aromatic heterocycles. The second kappa shape index (κ2) is 5.40. The van der Waals surface area contributed by atoms with E-state index < -0.39 is 45.7 Å². The van der Waals surface area contributed by atoms with Crippen LogP contribution in [0.1, 0.15) is 20.8 Å². The Morgan fingerprint density at radius 1 is 1.44 bits per heavy atom. The third kappa shape index (κ3) is 3.01. The van der Waals surface area contributed by atoms with Crippen LogP contribution in [0, 0.1) is 0 Å². The van der Waals surface area contributed by atoms with Crippen LogP contribution < -0.4 is 4.72 Å². The maximum Gasteiger partial charge on any atom is 0.214 e. The van der Waals surface area contributed by atoms with Crippen molar-refractivity contribution < 1.29 is 28.5 Å². The minimum atomic E-state index is -3.57. The molecule has 1 saturated heterocycles. The van der Waals surface area contributed by atoms with E-state index in [4.69, 9.17) is 4.74 Å². The normalized spacial score (nSPS) is 38.1. The molecule has 1 heterocycles. The first-order chi connectivity index (χ1) is 8.11. The maximum absolute atomic E-state index is 11.6. The third-order valence-corrected chi connectivity index (χ3v) is 5.02. The quantitative estimate of drug-likeness (QED) is 0.483. The molecule has 2 unspecified atom stereocenters. The lowest BCUT2D eigenvalue weighted by atomic mass is 9.85. The molecule has 0 radical (unpaired) electrons. The Labute approximate surface area is 107 Å². The number of hydrogen-bond acceptors (Lipinski definition) is 6. The molecule has 0 bridgehead atoms. The zero-order chi connectivity index (χ0) is 14.1. The van der Waals surface area contributed by atoms with E-state index in [0.717, 1.165) is 0 Å². The first-order valence-electron chi connectivity index (χ1n) is 5.80. The van der Waals surface area contributed by atoms with Crippen molar-refractivity contribution in [1.82, 2.24) is 4.72 Å². The van der Waals surface area contributed by atoms with Crippen molar-refractivity contribution in [3.8, 4) is 0 Å². The second-order valence-electron chi connectivity index (χ2n) is 4.91. The smallest absolute Gasteiger partial charge is 0.214 e. The number of ether oxygens (including phenoxy) is 1. The molecule has 0 amide bonds. The van der Waals surface area contributed by atoms with Crippen LogP contribution in [0.2, 0.25) is 0 Å². The van der Waals surface area contributed by atoms with Crippen LogP contribution in [0.25, 0.3) is 0 Å². The summed E-state index contributed by atoms with van der Waals surface area (Å²) in [5.41, 5.74) is -1.94. The van der Waals surface area contributed by atoms with Gasteiger partial charge < -0.3 is 20.1 Å². The van der Waals surface area contributed by atoms with Crippen LogP contribution in [0.5, 0.6) is 0 Å². The van der Waals surface area contributed by atoms with Gasteiger partial charge in [0.1, 0.15) is 17.8 Å². The van der Waals surface area contributed by atoms with E-state index in [1.807, 2.05) is 0 Å². The molecule has 0 spiro atoms. The Morgan fingerprint density at radius 2 is 2.00 bits per heavy atom. The summed E-state index contributed by atoms with van der Waals surface area (Å²) in [7, 11) is -3.57. The summed E-state index contributed by atoms with van der Waals surface area (Å²) < 4.78 is 30.4. The Morgan fingerprint density at radius 3 is 2.50 bits per heavy atom. The Hall–Kier alpha value is -0.250. The van der Waals surface area contributed by atoms with E-state index >= 15 is 0 Å². The molecule has 4 N–H and O–H groups in total. The van der Waals surface area contributed by atoms with Crippen LogP contribution in [0.15, 0.2) is 0 Å². The minimum absolute atomic E-state index is 0.155. The molecule has 8 heteroatoms. The molecule has 0 aromatic rings. The fourth-order valence-electron chi connectivity index (χ4n) is 1.69. The predicted octanol–water partition coefficient (Wildman–Crippen LogP) is -1.81. The SMILES string of the molecule is CC1OCC(O)[C@](O)(CNS(=O)(=O)C(C)C)[C@@H]1O. The van der Waals surface area contributed by atoms with Gasteiger partial charge in [-0.05, 0) is 20.8 Å². The van der Waals surface area contributed by atoms with Gasteiger partial charge in [-0.3, -0.25) is 0 Å². The molecule has 0 aromatic carbocycles. The van der Waals surface area contributed by atoms with Crippen LogP contribution in [-0.2, 0) is 14.8 Å². The lowest BCUT2D eigenvalue weighted by molar-refractivity contribution is -0.234. The predicted molar refractivity (Wildman–Crippen MR) is 64.4 cm³/mol. The first kappa shape index (κ1) is 15.8. The van der Waals surface area contributed by atoms with Crippen molar-refractivity contribution in [3.63, 3.8) is 0 Å².